The molecule has 11 rings (SSSR count). The highest BCUT2D eigenvalue weighted by Crippen LogP contribution is 2.42. The minimum atomic E-state index is 0.789. The molecule has 3 aromatic heterocycles. The molecule has 3 nitrogen and oxygen atoms in total. The minimum absolute atomic E-state index is 0.789. The minimum Gasteiger partial charge on any atom is -0.456 e. The molecule has 0 aliphatic carbocycles. The Morgan fingerprint density at radius 1 is 0.269 bits per heavy atom. The molecule has 0 bridgehead atoms. The number of furan rings is 3. The first-order chi connectivity index (χ1) is 25.6. The van der Waals surface area contributed by atoms with Crippen LogP contribution in [-0.2, 0) is 0 Å². The fourth-order valence-electron chi connectivity index (χ4n) is 7.75. The second kappa shape index (κ2) is 11.3. The Labute approximate surface area is 303 Å². The zero-order valence-corrected chi connectivity index (χ0v) is 28.7. The number of thiol groups is 1. The Hall–Kier alpha value is -6.49. The van der Waals surface area contributed by atoms with Crippen LogP contribution in [0.5, 0.6) is 0 Å². The van der Waals surface area contributed by atoms with E-state index in [0.717, 1.165) is 98.5 Å². The quantitative estimate of drug-likeness (QED) is 0.188. The predicted octanol–water partition coefficient (Wildman–Crippen LogP) is 14.3. The fraction of sp³-hybridized carbons (Fsp3) is 0. The van der Waals surface area contributed by atoms with Crippen molar-refractivity contribution in [3.8, 4) is 44.5 Å². The highest BCUT2D eigenvalue weighted by molar-refractivity contribution is 7.80. The smallest absolute Gasteiger partial charge is 0.139 e. The van der Waals surface area contributed by atoms with Crippen LogP contribution >= 0.6 is 12.6 Å². The SMILES string of the molecule is Sc1ccc(-c2ccccc2)cc1-c1cccc(-c2ccc3oc4cc5oc6cc7oc8ccc(-c9ccccc9)cc8c7cc6c5cc4c3c2)c1. The lowest BCUT2D eigenvalue weighted by Gasteiger charge is -2.11. The lowest BCUT2D eigenvalue weighted by atomic mass is 9.95. The first kappa shape index (κ1) is 29.3. The summed E-state index contributed by atoms with van der Waals surface area (Å²) in [4.78, 5) is 0.946. The molecule has 52 heavy (non-hydrogen) atoms. The van der Waals surface area contributed by atoms with Crippen LogP contribution in [-0.4, -0.2) is 0 Å². The highest BCUT2D eigenvalue weighted by atomic mass is 32.1. The van der Waals surface area contributed by atoms with Gasteiger partial charge in [-0.05, 0) is 99.1 Å². The summed E-state index contributed by atoms with van der Waals surface area (Å²) in [5.74, 6) is 0. The molecule has 3 heterocycles. The van der Waals surface area contributed by atoms with Crippen LogP contribution in [0.15, 0.2) is 182 Å². The molecule has 8 aromatic carbocycles. The molecule has 0 N–H and O–H groups in total. The van der Waals surface area contributed by atoms with E-state index < -0.39 is 0 Å². The van der Waals surface area contributed by atoms with Crippen molar-refractivity contribution in [1.29, 1.82) is 0 Å². The lowest BCUT2D eigenvalue weighted by Crippen LogP contribution is -1.85. The van der Waals surface area contributed by atoms with Gasteiger partial charge in [0.15, 0.2) is 0 Å². The molecular weight excluding hydrogens is 657 g/mol. The molecule has 0 aliphatic rings. The molecule has 0 amide bonds. The fourth-order valence-corrected chi connectivity index (χ4v) is 8.02. The Morgan fingerprint density at radius 3 is 1.23 bits per heavy atom. The average Bonchev–Trinajstić information content (AvgIpc) is 3.86. The molecule has 0 saturated heterocycles. The summed E-state index contributed by atoms with van der Waals surface area (Å²) in [6, 6.07) is 57.4. The molecule has 0 spiro atoms. The van der Waals surface area contributed by atoms with E-state index in [1.807, 2.05) is 24.3 Å². The van der Waals surface area contributed by atoms with Gasteiger partial charge in [0.05, 0.1) is 0 Å². The predicted molar refractivity (Wildman–Crippen MR) is 217 cm³/mol. The number of hydrogen-bond donors (Lipinski definition) is 1. The van der Waals surface area contributed by atoms with Crippen molar-refractivity contribution in [1.82, 2.24) is 0 Å². The molecule has 4 heteroatoms. The number of benzene rings is 8. The van der Waals surface area contributed by atoms with E-state index in [1.165, 1.54) is 16.7 Å². The molecule has 244 valence electrons. The van der Waals surface area contributed by atoms with Gasteiger partial charge in [-0.2, -0.15) is 0 Å². The first-order valence-electron chi connectivity index (χ1n) is 17.4. The first-order valence-corrected chi connectivity index (χ1v) is 17.8. The van der Waals surface area contributed by atoms with Gasteiger partial charge >= 0.3 is 0 Å². The van der Waals surface area contributed by atoms with Gasteiger partial charge in [-0.15, -0.1) is 12.6 Å². The Morgan fingerprint density at radius 2 is 0.673 bits per heavy atom. The van der Waals surface area contributed by atoms with Gasteiger partial charge in [-0.3, -0.25) is 0 Å². The van der Waals surface area contributed by atoms with Crippen LogP contribution in [0.25, 0.3) is 110 Å². The van der Waals surface area contributed by atoms with Crippen molar-refractivity contribution in [2.75, 3.05) is 0 Å². The van der Waals surface area contributed by atoms with Crippen molar-refractivity contribution in [3.05, 3.63) is 164 Å². The van der Waals surface area contributed by atoms with Gasteiger partial charge in [-0.1, -0.05) is 97.1 Å². The second-order valence-corrected chi connectivity index (χ2v) is 13.9. The van der Waals surface area contributed by atoms with Crippen LogP contribution in [0.3, 0.4) is 0 Å². The molecule has 0 radical (unpaired) electrons. The largest absolute Gasteiger partial charge is 0.456 e. The molecule has 0 aliphatic heterocycles. The van der Waals surface area contributed by atoms with Crippen LogP contribution in [0.4, 0.5) is 0 Å². The van der Waals surface area contributed by atoms with Crippen molar-refractivity contribution in [2.45, 2.75) is 4.90 Å². The van der Waals surface area contributed by atoms with Crippen LogP contribution < -0.4 is 0 Å². The van der Waals surface area contributed by atoms with E-state index in [0.29, 0.717) is 0 Å². The third-order valence-electron chi connectivity index (χ3n) is 10.4. The molecule has 11 aromatic rings. The summed E-state index contributed by atoms with van der Waals surface area (Å²) in [5, 5.41) is 6.38. The van der Waals surface area contributed by atoms with Crippen LogP contribution in [0, 0.1) is 0 Å². The van der Waals surface area contributed by atoms with E-state index in [1.54, 1.807) is 0 Å². The summed E-state index contributed by atoms with van der Waals surface area (Å²) in [6.07, 6.45) is 0. The summed E-state index contributed by atoms with van der Waals surface area (Å²) in [5.41, 5.74) is 14.1. The normalized spacial score (nSPS) is 11.9. The van der Waals surface area contributed by atoms with Crippen molar-refractivity contribution < 1.29 is 13.3 Å². The standard InChI is InChI=1S/C48H28O3S/c52-48-19-16-32(29-10-5-2-6-11-29)21-35(48)34-13-7-12-30(20-34)33-15-18-43-37(23-33)39-25-41-40-24-38-36-22-31(28-8-3-1-4-9-28)14-17-42(36)49-44(38)26-46(40)51-47(41)27-45(39)50-43/h1-27,52H. The van der Waals surface area contributed by atoms with Crippen LogP contribution in [0.1, 0.15) is 0 Å². The summed E-state index contributed by atoms with van der Waals surface area (Å²) in [7, 11) is 0. The van der Waals surface area contributed by atoms with E-state index >= 15 is 0 Å². The van der Waals surface area contributed by atoms with Crippen molar-refractivity contribution in [2.24, 2.45) is 0 Å². The van der Waals surface area contributed by atoms with E-state index in [-0.39, 0.29) is 0 Å². The van der Waals surface area contributed by atoms with E-state index in [4.69, 9.17) is 25.9 Å². The zero-order valence-electron chi connectivity index (χ0n) is 27.8. The highest BCUT2D eigenvalue weighted by Gasteiger charge is 2.18. The maximum atomic E-state index is 6.42. The summed E-state index contributed by atoms with van der Waals surface area (Å²) in [6.45, 7) is 0. The maximum absolute atomic E-state index is 6.42. The van der Waals surface area contributed by atoms with Crippen molar-refractivity contribution in [3.63, 3.8) is 0 Å². The number of rotatable bonds is 4. The molecular formula is C48H28O3S. The monoisotopic (exact) mass is 684 g/mol. The maximum Gasteiger partial charge on any atom is 0.139 e. The van der Waals surface area contributed by atoms with Gasteiger partial charge in [0.25, 0.3) is 0 Å². The van der Waals surface area contributed by atoms with Gasteiger partial charge in [-0.25, -0.2) is 0 Å². The van der Waals surface area contributed by atoms with Gasteiger partial charge in [0.1, 0.15) is 33.5 Å². The molecule has 0 atom stereocenters. The molecule has 0 unspecified atom stereocenters. The Bertz CT molecular complexity index is 3180. The average molecular weight is 685 g/mol. The number of fused-ring (bicyclic) bond motifs is 9. The van der Waals surface area contributed by atoms with Gasteiger partial charge in [0.2, 0.25) is 0 Å². The third kappa shape index (κ3) is 4.62. The van der Waals surface area contributed by atoms with Crippen molar-refractivity contribution >= 4 is 78.4 Å². The van der Waals surface area contributed by atoms with Gasteiger partial charge in [0, 0.05) is 49.3 Å². The third-order valence-corrected chi connectivity index (χ3v) is 10.8. The summed E-state index contributed by atoms with van der Waals surface area (Å²) >= 11 is 4.85. The lowest BCUT2D eigenvalue weighted by molar-refractivity contribution is 0.651. The second-order valence-electron chi connectivity index (χ2n) is 13.5. The van der Waals surface area contributed by atoms with Gasteiger partial charge < -0.3 is 13.3 Å². The topological polar surface area (TPSA) is 39.4 Å². The number of hydrogen-bond acceptors (Lipinski definition) is 4. The van der Waals surface area contributed by atoms with Crippen LogP contribution in [0.2, 0.25) is 0 Å². The Kier molecular flexibility index (Phi) is 6.34. The van der Waals surface area contributed by atoms with E-state index in [9.17, 15) is 0 Å². The molecule has 0 saturated carbocycles. The Balaban J connectivity index is 1.03. The molecule has 0 fully saturated rings. The summed E-state index contributed by atoms with van der Waals surface area (Å²) < 4.78 is 19.1. The zero-order chi connectivity index (χ0) is 34.3. The van der Waals surface area contributed by atoms with E-state index in [2.05, 4.69) is 140 Å².